The van der Waals surface area contributed by atoms with Crippen LogP contribution in [0.25, 0.3) is 0 Å². The van der Waals surface area contributed by atoms with Gasteiger partial charge in [-0.1, -0.05) is 27.7 Å². The van der Waals surface area contributed by atoms with Crippen LogP contribution in [-0.4, -0.2) is 66.2 Å². The molecule has 0 saturated carbocycles. The summed E-state index contributed by atoms with van der Waals surface area (Å²) in [6.45, 7) is 6.00. The third kappa shape index (κ3) is 7.38. The third-order valence-corrected chi connectivity index (χ3v) is 3.34. The van der Waals surface area contributed by atoms with Gasteiger partial charge in [-0.3, -0.25) is 9.59 Å². The molecule has 6 N–H and O–H groups in total. The number of aliphatic carboxylic acids is 4. The molecule has 3 atom stereocenters. The maximum absolute atomic E-state index is 10.5. The number of carboxylic acid groups (broad SMARTS) is 4. The number of hydrogen-bond donors (Lipinski definition) is 6. The Morgan fingerprint density at radius 1 is 0.875 bits per heavy atom. The van der Waals surface area contributed by atoms with Gasteiger partial charge >= 0.3 is 23.9 Å². The first kappa shape index (κ1) is 24.1. The largest absolute Gasteiger partial charge is 0.481 e. The van der Waals surface area contributed by atoms with Gasteiger partial charge in [-0.25, -0.2) is 9.59 Å². The van der Waals surface area contributed by atoms with Crippen LogP contribution in [0.2, 0.25) is 0 Å². The Balaban J connectivity index is 0. The molecule has 0 saturated heterocycles. The van der Waals surface area contributed by atoms with Crippen LogP contribution < -0.4 is 0 Å². The Labute approximate surface area is 138 Å². The predicted octanol–water partition coefficient (Wildman–Crippen LogP) is -0.278. The van der Waals surface area contributed by atoms with Crippen molar-refractivity contribution >= 4 is 23.9 Å². The molecule has 0 fully saturated rings. The van der Waals surface area contributed by atoms with Gasteiger partial charge in [0, 0.05) is 0 Å². The molecule has 24 heavy (non-hydrogen) atoms. The summed E-state index contributed by atoms with van der Waals surface area (Å²) < 4.78 is 0. The van der Waals surface area contributed by atoms with Crippen molar-refractivity contribution in [3.05, 3.63) is 0 Å². The number of carbonyl (C=O) groups is 4. The first-order chi connectivity index (χ1) is 10.7. The minimum Gasteiger partial charge on any atom is -0.481 e. The van der Waals surface area contributed by atoms with E-state index in [-0.39, 0.29) is 0 Å². The van der Waals surface area contributed by atoms with E-state index in [9.17, 15) is 24.3 Å². The monoisotopic (exact) mass is 352 g/mol. The summed E-state index contributed by atoms with van der Waals surface area (Å²) in [4.78, 5) is 41.4. The molecule has 0 bridgehead atoms. The zero-order valence-electron chi connectivity index (χ0n) is 13.8. The van der Waals surface area contributed by atoms with Gasteiger partial charge in [0.05, 0.1) is 12.3 Å². The second-order valence-corrected chi connectivity index (χ2v) is 5.85. The number of hydrogen-bond acceptors (Lipinski definition) is 6. The normalized spacial score (nSPS) is 15.7. The van der Waals surface area contributed by atoms with E-state index in [2.05, 4.69) is 0 Å². The fraction of sp³-hybridized carbons (Fsp3) is 0.714. The Bertz CT molecular complexity index is 470. The molecule has 10 heteroatoms. The highest BCUT2D eigenvalue weighted by Crippen LogP contribution is 2.21. The quantitative estimate of drug-likeness (QED) is 0.339. The molecule has 0 heterocycles. The Hall–Kier alpha value is -2.20. The first-order valence-electron chi connectivity index (χ1n) is 6.99. The van der Waals surface area contributed by atoms with Gasteiger partial charge in [-0.15, -0.1) is 0 Å². The van der Waals surface area contributed by atoms with E-state index in [0.717, 1.165) is 0 Å². The van der Waals surface area contributed by atoms with E-state index in [1.807, 2.05) is 0 Å². The molecule has 0 aromatic carbocycles. The maximum Gasteiger partial charge on any atom is 0.336 e. The van der Waals surface area contributed by atoms with Crippen LogP contribution in [0.4, 0.5) is 0 Å². The van der Waals surface area contributed by atoms with Gasteiger partial charge in [0.2, 0.25) is 0 Å². The molecule has 0 aliphatic rings. The van der Waals surface area contributed by atoms with E-state index < -0.39 is 59.8 Å². The zero-order valence-corrected chi connectivity index (χ0v) is 13.8. The lowest BCUT2D eigenvalue weighted by Gasteiger charge is -2.25. The van der Waals surface area contributed by atoms with Crippen molar-refractivity contribution in [1.82, 2.24) is 0 Å². The van der Waals surface area contributed by atoms with E-state index >= 15 is 0 Å². The highest BCUT2D eigenvalue weighted by molar-refractivity contribution is 5.84. The molecule has 0 amide bonds. The molecule has 0 spiro atoms. The Morgan fingerprint density at radius 2 is 1.29 bits per heavy atom. The van der Waals surface area contributed by atoms with Crippen LogP contribution >= 0.6 is 0 Å². The summed E-state index contributed by atoms with van der Waals surface area (Å²) in [5, 5.41) is 52.0. The lowest BCUT2D eigenvalue weighted by Crippen LogP contribution is -2.45. The van der Waals surface area contributed by atoms with Gasteiger partial charge in [0.25, 0.3) is 0 Å². The second kappa shape index (κ2) is 9.83. The molecule has 0 aromatic heterocycles. The summed E-state index contributed by atoms with van der Waals surface area (Å²) in [5.74, 6) is -7.91. The third-order valence-electron chi connectivity index (χ3n) is 3.34. The van der Waals surface area contributed by atoms with Crippen molar-refractivity contribution in [1.29, 1.82) is 0 Å². The lowest BCUT2D eigenvalue weighted by atomic mass is 9.87. The highest BCUT2D eigenvalue weighted by atomic mass is 16.4. The fourth-order valence-corrected chi connectivity index (χ4v) is 1.70. The van der Waals surface area contributed by atoms with Crippen LogP contribution in [0, 0.1) is 17.8 Å². The van der Waals surface area contributed by atoms with Crippen molar-refractivity contribution < 1.29 is 49.8 Å². The van der Waals surface area contributed by atoms with Gasteiger partial charge < -0.3 is 30.6 Å². The van der Waals surface area contributed by atoms with Crippen LogP contribution in [0.5, 0.6) is 0 Å². The topological polar surface area (TPSA) is 190 Å². The van der Waals surface area contributed by atoms with Crippen molar-refractivity contribution in [3.63, 3.8) is 0 Å². The zero-order chi connectivity index (χ0) is 19.8. The minimum atomic E-state index is -2.16. The number of rotatable bonds is 8. The summed E-state index contributed by atoms with van der Waals surface area (Å²) in [6.07, 6.45) is -2.61. The SMILES string of the molecule is CC(C)[C@@](O)(CC(=O)O)C(=O)O.CC(C)[C@H](C(=O)O)[C@@H](O)C(=O)O. The summed E-state index contributed by atoms with van der Waals surface area (Å²) >= 11 is 0. The van der Waals surface area contributed by atoms with Crippen molar-refractivity contribution in [2.45, 2.75) is 45.8 Å². The minimum absolute atomic E-state index is 0.409. The maximum atomic E-state index is 10.5. The van der Waals surface area contributed by atoms with Crippen LogP contribution in [0.1, 0.15) is 34.1 Å². The molecule has 0 unspecified atom stereocenters. The van der Waals surface area contributed by atoms with E-state index in [4.69, 9.17) is 25.5 Å². The first-order valence-corrected chi connectivity index (χ1v) is 6.99. The predicted molar refractivity (Wildman–Crippen MR) is 79.3 cm³/mol. The van der Waals surface area contributed by atoms with E-state index in [0.29, 0.717) is 0 Å². The van der Waals surface area contributed by atoms with Gasteiger partial charge in [0.15, 0.2) is 11.7 Å². The fourth-order valence-electron chi connectivity index (χ4n) is 1.70. The van der Waals surface area contributed by atoms with Crippen molar-refractivity contribution in [2.75, 3.05) is 0 Å². The summed E-state index contributed by atoms with van der Waals surface area (Å²) in [6, 6.07) is 0. The molecule has 0 aliphatic carbocycles. The van der Waals surface area contributed by atoms with Crippen LogP contribution in [-0.2, 0) is 19.2 Å². The number of aliphatic hydroxyl groups excluding tert-OH is 1. The van der Waals surface area contributed by atoms with Gasteiger partial charge in [-0.05, 0) is 11.8 Å². The summed E-state index contributed by atoms with van der Waals surface area (Å²) in [5.41, 5.74) is -2.16. The molecular formula is C14H24O10. The van der Waals surface area contributed by atoms with Crippen LogP contribution in [0.3, 0.4) is 0 Å². The van der Waals surface area contributed by atoms with Gasteiger partial charge in [0.1, 0.15) is 0 Å². The number of carboxylic acids is 4. The molecule has 0 radical (unpaired) electrons. The smallest absolute Gasteiger partial charge is 0.336 e. The summed E-state index contributed by atoms with van der Waals surface area (Å²) in [7, 11) is 0. The number of aliphatic hydroxyl groups is 2. The molecule has 140 valence electrons. The molecule has 10 nitrogen and oxygen atoms in total. The van der Waals surface area contributed by atoms with Crippen LogP contribution in [0.15, 0.2) is 0 Å². The molecular weight excluding hydrogens is 328 g/mol. The molecule has 0 aliphatic heterocycles. The van der Waals surface area contributed by atoms with Crippen molar-refractivity contribution in [2.24, 2.45) is 17.8 Å². The standard InChI is InChI=1S/2C7H12O5/c1-4(2)7(12,6(10)11)3-5(8)9;1-3(2)4(6(9)10)5(8)7(11)12/h4,12H,3H2,1-2H3,(H,8,9)(H,10,11);3-5,8H,1-2H3,(H,9,10)(H,11,12)/t7-;4-,5+/m00/s1. The molecule has 0 aromatic rings. The highest BCUT2D eigenvalue weighted by Gasteiger charge is 2.41. The Kier molecular flexibility index (Phi) is 9.85. The van der Waals surface area contributed by atoms with Crippen molar-refractivity contribution in [3.8, 4) is 0 Å². The van der Waals surface area contributed by atoms with E-state index in [1.54, 1.807) is 13.8 Å². The van der Waals surface area contributed by atoms with Gasteiger partial charge in [-0.2, -0.15) is 0 Å². The Morgan fingerprint density at radius 3 is 1.38 bits per heavy atom. The van der Waals surface area contributed by atoms with E-state index in [1.165, 1.54) is 13.8 Å². The lowest BCUT2D eigenvalue weighted by molar-refractivity contribution is -0.170. The second-order valence-electron chi connectivity index (χ2n) is 5.85. The average molecular weight is 352 g/mol. The average Bonchev–Trinajstić information content (AvgIpc) is 2.36. The molecule has 0 rings (SSSR count).